The highest BCUT2D eigenvalue weighted by Crippen LogP contribution is 2.41. The highest BCUT2D eigenvalue weighted by atomic mass is 35.5. The number of carbonyl (C=O) groups excluding carboxylic acids is 1. The van der Waals surface area contributed by atoms with Crippen molar-refractivity contribution in [3.63, 3.8) is 0 Å². The van der Waals surface area contributed by atoms with Gasteiger partial charge in [0.25, 0.3) is 11.6 Å². The zero-order valence-electron chi connectivity index (χ0n) is 19.7. The Balaban J connectivity index is 2.01. The Morgan fingerprint density at radius 3 is 2.42 bits per heavy atom. The number of alkyl halides is 3. The van der Waals surface area contributed by atoms with E-state index in [1.54, 1.807) is 0 Å². The van der Waals surface area contributed by atoms with Crippen molar-refractivity contribution in [1.82, 2.24) is 5.43 Å². The smallest absolute Gasteiger partial charge is 0.406 e. The van der Waals surface area contributed by atoms with Gasteiger partial charge >= 0.3 is 22.3 Å². The van der Waals surface area contributed by atoms with Crippen LogP contribution >= 0.6 is 34.5 Å². The normalized spacial score (nSPS) is 12.2. The minimum Gasteiger partial charge on any atom is -0.477 e. The number of amides is 1. The van der Waals surface area contributed by atoms with Gasteiger partial charge in [-0.25, -0.2) is 10.2 Å². The van der Waals surface area contributed by atoms with Crippen molar-refractivity contribution in [1.29, 1.82) is 0 Å². The van der Waals surface area contributed by atoms with Gasteiger partial charge < -0.3 is 9.29 Å². The van der Waals surface area contributed by atoms with Gasteiger partial charge in [-0.05, 0) is 36.8 Å². The average Bonchev–Trinajstić information content (AvgIpc) is 3.24. The molecular weight excluding hydrogens is 626 g/mol. The fraction of sp³-hybridized carbons (Fsp3) is 0.136. The number of carbonyl (C=O) groups is 2. The van der Waals surface area contributed by atoms with Crippen LogP contribution in [0.2, 0.25) is 10.0 Å². The number of hydrazone groups is 1. The van der Waals surface area contributed by atoms with Gasteiger partial charge in [-0.2, -0.15) is 26.7 Å². The summed E-state index contributed by atoms with van der Waals surface area (Å²) in [5.74, 6) is -5.40. The third kappa shape index (κ3) is 7.47. The number of carboxylic acid groups (broad SMARTS) is 1. The van der Waals surface area contributed by atoms with Crippen LogP contribution in [0.4, 0.5) is 18.9 Å². The summed E-state index contributed by atoms with van der Waals surface area (Å²) in [6, 6.07) is 6.71. The minimum atomic E-state index is -5.20. The lowest BCUT2D eigenvalue weighted by atomic mass is 10.1. The average molecular weight is 640 g/mol. The first-order valence-corrected chi connectivity index (χ1v) is 13.6. The number of rotatable bonds is 9. The number of halogens is 5. The van der Waals surface area contributed by atoms with Crippen LogP contribution in [0, 0.1) is 10.1 Å². The van der Waals surface area contributed by atoms with Gasteiger partial charge in [0.1, 0.15) is 5.56 Å². The van der Waals surface area contributed by atoms with E-state index >= 15 is 0 Å². The van der Waals surface area contributed by atoms with Crippen LogP contribution in [0.15, 0.2) is 46.9 Å². The molecule has 0 aliphatic carbocycles. The van der Waals surface area contributed by atoms with Gasteiger partial charge in [0.05, 0.1) is 25.6 Å². The first-order chi connectivity index (χ1) is 18.5. The van der Waals surface area contributed by atoms with Crippen molar-refractivity contribution in [2.24, 2.45) is 5.10 Å². The standard InChI is InChI=1S/C22H14Cl2F3N3O8S2/c1-10(28-29-20(31)12-2-4-13(21(32)33)17(7-12)30(34)35)19-18(38-40(36,37)9-22(25,26)27)14(8-39-19)11-3-5-15(23)16(24)6-11/h2-8H,9H2,1H3,(H,29,31)(H,32,33)/b28-10+. The lowest BCUT2D eigenvalue weighted by Gasteiger charge is -2.12. The SMILES string of the molecule is C/C(=N\NC(=O)c1ccc(C(=O)O)c([N+](=O)[O-])c1)c1scc(-c2ccc(Cl)c(Cl)c2)c1OS(=O)(=O)CC(F)(F)F. The molecule has 1 amide bonds. The molecule has 1 heterocycles. The Morgan fingerprint density at radius 1 is 1.18 bits per heavy atom. The van der Waals surface area contributed by atoms with Crippen LogP contribution in [-0.4, -0.2) is 48.0 Å². The maximum atomic E-state index is 12.8. The van der Waals surface area contributed by atoms with Crippen LogP contribution in [-0.2, 0) is 10.1 Å². The second-order valence-corrected chi connectivity index (χ2v) is 11.0. The van der Waals surface area contributed by atoms with E-state index in [1.165, 1.54) is 30.5 Å². The maximum absolute atomic E-state index is 12.8. The van der Waals surface area contributed by atoms with Crippen LogP contribution in [0.5, 0.6) is 5.75 Å². The van der Waals surface area contributed by atoms with Crippen LogP contribution < -0.4 is 9.61 Å². The molecule has 1 aromatic heterocycles. The van der Waals surface area contributed by atoms with E-state index in [4.69, 9.17) is 32.5 Å². The van der Waals surface area contributed by atoms with E-state index in [9.17, 15) is 41.3 Å². The molecule has 0 radical (unpaired) electrons. The molecule has 0 fully saturated rings. The molecule has 2 aromatic carbocycles. The molecule has 0 unspecified atom stereocenters. The predicted molar refractivity (Wildman–Crippen MR) is 140 cm³/mol. The predicted octanol–water partition coefficient (Wildman–Crippen LogP) is 5.75. The van der Waals surface area contributed by atoms with Crippen LogP contribution in [0.1, 0.15) is 32.5 Å². The van der Waals surface area contributed by atoms with E-state index in [-0.39, 0.29) is 37.3 Å². The van der Waals surface area contributed by atoms with Crippen LogP contribution in [0.3, 0.4) is 0 Å². The second-order valence-electron chi connectivity index (χ2n) is 7.77. The number of hydrogen-bond acceptors (Lipinski definition) is 9. The molecule has 0 spiro atoms. The molecule has 0 aliphatic heterocycles. The number of nitro benzene ring substituents is 1. The molecule has 3 aromatic rings. The lowest BCUT2D eigenvalue weighted by molar-refractivity contribution is -0.385. The monoisotopic (exact) mass is 639 g/mol. The quantitative estimate of drug-likeness (QED) is 0.129. The topological polar surface area (TPSA) is 165 Å². The van der Waals surface area contributed by atoms with Crippen molar-refractivity contribution < 1.29 is 45.4 Å². The van der Waals surface area contributed by atoms with E-state index < -0.39 is 55.8 Å². The largest absolute Gasteiger partial charge is 0.477 e. The van der Waals surface area contributed by atoms with E-state index in [1.807, 2.05) is 0 Å². The van der Waals surface area contributed by atoms with Gasteiger partial charge in [0.2, 0.25) is 0 Å². The number of thiophene rings is 1. The van der Waals surface area contributed by atoms with Gasteiger partial charge in [0.15, 0.2) is 11.5 Å². The number of nitrogens with one attached hydrogen (secondary N) is 1. The third-order valence-electron chi connectivity index (χ3n) is 4.87. The molecule has 3 rings (SSSR count). The molecule has 0 saturated heterocycles. The highest BCUT2D eigenvalue weighted by Gasteiger charge is 2.37. The van der Waals surface area contributed by atoms with Crippen molar-refractivity contribution in [2.75, 3.05) is 5.75 Å². The first-order valence-electron chi connectivity index (χ1n) is 10.4. The number of nitro groups is 1. The van der Waals surface area contributed by atoms with Crippen LogP contribution in [0.25, 0.3) is 11.1 Å². The molecule has 0 saturated carbocycles. The zero-order chi connectivity index (χ0) is 30.0. The van der Waals surface area contributed by atoms with Gasteiger partial charge in [-0.3, -0.25) is 14.9 Å². The summed E-state index contributed by atoms with van der Waals surface area (Å²) in [7, 11) is -5.20. The van der Waals surface area contributed by atoms with Gasteiger partial charge in [0, 0.05) is 22.6 Å². The number of aromatic carboxylic acids is 1. The maximum Gasteiger partial charge on any atom is 0.406 e. The van der Waals surface area contributed by atoms with Crippen molar-refractivity contribution in [3.8, 4) is 16.9 Å². The molecule has 2 N–H and O–H groups in total. The summed E-state index contributed by atoms with van der Waals surface area (Å²) in [5.41, 5.74) is 0.395. The fourth-order valence-electron chi connectivity index (χ4n) is 3.15. The molecule has 212 valence electrons. The van der Waals surface area contributed by atoms with Crippen molar-refractivity contribution >= 4 is 67.9 Å². The lowest BCUT2D eigenvalue weighted by Crippen LogP contribution is -2.27. The summed E-state index contributed by atoms with van der Waals surface area (Å²) in [4.78, 5) is 33.8. The molecular formula is C22H14Cl2F3N3O8S2. The molecule has 0 atom stereocenters. The number of hydrogen-bond donors (Lipinski definition) is 2. The summed E-state index contributed by atoms with van der Waals surface area (Å²) < 4.78 is 67.8. The summed E-state index contributed by atoms with van der Waals surface area (Å²) in [5, 5.41) is 25.6. The summed E-state index contributed by atoms with van der Waals surface area (Å²) in [6.45, 7) is 1.28. The van der Waals surface area contributed by atoms with E-state index in [0.717, 1.165) is 29.5 Å². The molecule has 0 aliphatic rings. The Hall–Kier alpha value is -3.73. The Morgan fingerprint density at radius 2 is 1.85 bits per heavy atom. The number of benzene rings is 2. The molecule has 40 heavy (non-hydrogen) atoms. The first kappa shape index (κ1) is 30.8. The Kier molecular flexibility index (Phi) is 9.08. The minimum absolute atomic E-state index is 0.0325. The number of nitrogens with zero attached hydrogens (tertiary/aromatic N) is 2. The Labute approximate surface area is 237 Å². The highest BCUT2D eigenvalue weighted by molar-refractivity contribution is 7.87. The zero-order valence-corrected chi connectivity index (χ0v) is 22.8. The molecule has 0 bridgehead atoms. The third-order valence-corrected chi connectivity index (χ3v) is 7.78. The van der Waals surface area contributed by atoms with Crippen molar-refractivity contribution in [2.45, 2.75) is 13.1 Å². The summed E-state index contributed by atoms with van der Waals surface area (Å²) in [6.07, 6.45) is -5.10. The van der Waals surface area contributed by atoms with E-state index in [2.05, 4.69) is 10.5 Å². The van der Waals surface area contributed by atoms with E-state index in [0.29, 0.717) is 0 Å². The molecule has 18 heteroatoms. The summed E-state index contributed by atoms with van der Waals surface area (Å²) >= 11 is 12.8. The van der Waals surface area contributed by atoms with Gasteiger partial charge in [-0.1, -0.05) is 29.3 Å². The van der Waals surface area contributed by atoms with Crippen molar-refractivity contribution in [3.05, 3.63) is 77.9 Å². The fourth-order valence-corrected chi connectivity index (χ4v) is 5.35. The number of carboxylic acids is 1. The molecule has 11 nitrogen and oxygen atoms in total. The Bertz CT molecular complexity index is 1660. The van der Waals surface area contributed by atoms with Gasteiger partial charge in [-0.15, -0.1) is 11.3 Å². The second kappa shape index (κ2) is 11.8.